The fourth-order valence-corrected chi connectivity index (χ4v) is 4.16. The van der Waals surface area contributed by atoms with Crippen molar-refractivity contribution in [1.29, 1.82) is 0 Å². The summed E-state index contributed by atoms with van der Waals surface area (Å²) in [5.41, 5.74) is -0.882. The molecule has 2 aromatic carbocycles. The molecule has 0 aromatic heterocycles. The van der Waals surface area contributed by atoms with E-state index in [2.05, 4.69) is 25.6 Å². The Morgan fingerprint density at radius 2 is 1.80 bits per heavy atom. The van der Waals surface area contributed by atoms with Crippen molar-refractivity contribution in [1.82, 2.24) is 4.72 Å². The summed E-state index contributed by atoms with van der Waals surface area (Å²) in [6.45, 7) is 0. The molecular formula is C15H10BrF3N2O3S. The second-order valence-corrected chi connectivity index (χ2v) is 7.60. The number of aliphatic imine (C=N–C) groups is 1. The first kappa shape index (κ1) is 17.7. The van der Waals surface area contributed by atoms with Gasteiger partial charge in [0, 0.05) is 10.0 Å². The number of sulfonamides is 1. The number of rotatable bonds is 2. The Morgan fingerprint density at radius 1 is 1.16 bits per heavy atom. The lowest BCUT2D eigenvalue weighted by atomic mass is 10.1. The minimum atomic E-state index is -4.64. The number of fused-ring (bicyclic) bond motifs is 1. The van der Waals surface area contributed by atoms with Crippen molar-refractivity contribution in [3.8, 4) is 5.75 Å². The molecule has 132 valence electrons. The SMILES string of the molecule is COc1ccc(C2=Nc3cc(C(F)(F)F)c(Br)cc3S(=O)(=O)N2)cc1. The Kier molecular flexibility index (Phi) is 4.28. The number of alkyl halides is 3. The molecule has 1 heterocycles. The minimum absolute atomic E-state index is 0.0643. The van der Waals surface area contributed by atoms with Crippen molar-refractivity contribution in [3.05, 3.63) is 52.0 Å². The maximum Gasteiger partial charge on any atom is 0.417 e. The van der Waals surface area contributed by atoms with Crippen LogP contribution in [0.4, 0.5) is 18.9 Å². The number of benzene rings is 2. The average Bonchev–Trinajstić information content (AvgIpc) is 2.53. The first-order valence-electron chi connectivity index (χ1n) is 6.78. The average molecular weight is 435 g/mol. The zero-order valence-corrected chi connectivity index (χ0v) is 15.0. The third-order valence-corrected chi connectivity index (χ3v) is 5.49. The monoisotopic (exact) mass is 434 g/mol. The van der Waals surface area contributed by atoms with Gasteiger partial charge in [-0.25, -0.2) is 13.4 Å². The van der Waals surface area contributed by atoms with E-state index in [1.807, 2.05) is 0 Å². The fraction of sp³-hybridized carbons (Fsp3) is 0.133. The lowest BCUT2D eigenvalue weighted by Crippen LogP contribution is -2.34. The van der Waals surface area contributed by atoms with Gasteiger partial charge in [-0.05, 0) is 36.4 Å². The zero-order valence-electron chi connectivity index (χ0n) is 12.6. The molecule has 1 aliphatic rings. The summed E-state index contributed by atoms with van der Waals surface area (Å²) in [5.74, 6) is 0.484. The van der Waals surface area contributed by atoms with Crippen molar-refractivity contribution in [2.75, 3.05) is 7.11 Å². The first-order chi connectivity index (χ1) is 11.6. The number of hydrogen-bond donors (Lipinski definition) is 1. The third kappa shape index (κ3) is 3.36. The molecule has 0 radical (unpaired) electrons. The van der Waals surface area contributed by atoms with E-state index in [9.17, 15) is 21.6 Å². The van der Waals surface area contributed by atoms with Crippen LogP contribution in [0.15, 0.2) is 50.8 Å². The highest BCUT2D eigenvalue weighted by molar-refractivity contribution is 9.10. The van der Waals surface area contributed by atoms with E-state index in [1.165, 1.54) is 7.11 Å². The molecule has 0 saturated heterocycles. The van der Waals surface area contributed by atoms with E-state index in [0.29, 0.717) is 17.4 Å². The number of nitrogens with zero attached hydrogens (tertiary/aromatic N) is 1. The predicted octanol–water partition coefficient (Wildman–Crippen LogP) is 3.85. The van der Waals surface area contributed by atoms with Crippen LogP contribution in [0, 0.1) is 0 Å². The summed E-state index contributed by atoms with van der Waals surface area (Å²) in [7, 11) is -2.57. The molecule has 0 unspecified atom stereocenters. The summed E-state index contributed by atoms with van der Waals surface area (Å²) in [5, 5.41) is 0. The molecule has 0 aliphatic carbocycles. The highest BCUT2D eigenvalue weighted by atomic mass is 79.9. The summed E-state index contributed by atoms with van der Waals surface area (Å²) < 4.78 is 70.8. The van der Waals surface area contributed by atoms with Gasteiger partial charge in [-0.2, -0.15) is 13.2 Å². The Labute approximate surface area is 149 Å². The van der Waals surface area contributed by atoms with Crippen molar-refractivity contribution in [2.45, 2.75) is 11.1 Å². The van der Waals surface area contributed by atoms with E-state index < -0.39 is 21.8 Å². The van der Waals surface area contributed by atoms with Crippen LogP contribution < -0.4 is 9.46 Å². The second kappa shape index (κ2) is 6.03. The molecule has 0 saturated carbocycles. The summed E-state index contributed by atoms with van der Waals surface area (Å²) in [4.78, 5) is 3.72. The van der Waals surface area contributed by atoms with Crippen LogP contribution in [0.3, 0.4) is 0 Å². The van der Waals surface area contributed by atoms with Crippen LogP contribution in [-0.2, 0) is 16.2 Å². The largest absolute Gasteiger partial charge is 0.497 e. The van der Waals surface area contributed by atoms with Crippen molar-refractivity contribution >= 4 is 37.5 Å². The number of halogens is 4. The van der Waals surface area contributed by atoms with Crippen LogP contribution in [-0.4, -0.2) is 21.4 Å². The number of hydrogen-bond acceptors (Lipinski definition) is 4. The highest BCUT2D eigenvalue weighted by Gasteiger charge is 2.36. The Hall–Kier alpha value is -2.07. The molecule has 0 amide bonds. The molecular weight excluding hydrogens is 425 g/mol. The van der Waals surface area contributed by atoms with Crippen LogP contribution in [0.2, 0.25) is 0 Å². The number of ether oxygens (including phenoxy) is 1. The van der Waals surface area contributed by atoms with E-state index in [4.69, 9.17) is 4.74 Å². The predicted molar refractivity (Wildman–Crippen MR) is 88.7 cm³/mol. The highest BCUT2D eigenvalue weighted by Crippen LogP contribution is 2.41. The van der Waals surface area contributed by atoms with Crippen LogP contribution in [0.1, 0.15) is 11.1 Å². The van der Waals surface area contributed by atoms with Gasteiger partial charge in [-0.15, -0.1) is 0 Å². The Balaban J connectivity index is 2.17. The maximum absolute atomic E-state index is 13.1. The Morgan fingerprint density at radius 3 is 2.36 bits per heavy atom. The van der Waals surface area contributed by atoms with Gasteiger partial charge >= 0.3 is 6.18 Å². The molecule has 10 heteroatoms. The quantitative estimate of drug-likeness (QED) is 0.780. The van der Waals surface area contributed by atoms with Crippen LogP contribution in [0.5, 0.6) is 5.75 Å². The summed E-state index contributed by atoms with van der Waals surface area (Å²) >= 11 is 2.76. The first-order valence-corrected chi connectivity index (χ1v) is 9.06. The van der Waals surface area contributed by atoms with Gasteiger partial charge in [-0.3, -0.25) is 4.72 Å². The molecule has 0 fully saturated rings. The molecule has 3 rings (SSSR count). The van der Waals surface area contributed by atoms with Crippen LogP contribution in [0.25, 0.3) is 0 Å². The van der Waals surface area contributed by atoms with Gasteiger partial charge in [-0.1, -0.05) is 15.9 Å². The smallest absolute Gasteiger partial charge is 0.417 e. The normalized spacial score (nSPS) is 15.8. The Bertz CT molecular complexity index is 971. The van der Waals surface area contributed by atoms with Gasteiger partial charge in [0.1, 0.15) is 16.5 Å². The second-order valence-electron chi connectivity index (χ2n) is 5.09. The summed E-state index contributed by atoms with van der Waals surface area (Å²) in [6, 6.07) is 7.88. The number of amidine groups is 1. The molecule has 1 aliphatic heterocycles. The molecule has 5 nitrogen and oxygen atoms in total. The van der Waals surface area contributed by atoms with Crippen molar-refractivity contribution < 1.29 is 26.3 Å². The van der Waals surface area contributed by atoms with Crippen molar-refractivity contribution in [3.63, 3.8) is 0 Å². The zero-order chi connectivity index (χ0) is 18.4. The fourth-order valence-electron chi connectivity index (χ4n) is 2.26. The molecule has 25 heavy (non-hydrogen) atoms. The molecule has 0 atom stereocenters. The minimum Gasteiger partial charge on any atom is -0.497 e. The van der Waals surface area contributed by atoms with Crippen LogP contribution >= 0.6 is 15.9 Å². The third-order valence-electron chi connectivity index (χ3n) is 3.47. The number of methoxy groups -OCH3 is 1. The maximum atomic E-state index is 13.1. The van der Waals surface area contributed by atoms with Gasteiger partial charge in [0.2, 0.25) is 0 Å². The topological polar surface area (TPSA) is 67.8 Å². The standard InChI is InChI=1S/C15H10BrF3N2O3S/c1-24-9-4-2-8(3-5-9)14-20-12-6-10(15(17,18)19)11(16)7-13(12)25(22,23)21-14/h2-7H,1H3,(H,20,21). The molecule has 0 bridgehead atoms. The lowest BCUT2D eigenvalue weighted by molar-refractivity contribution is -0.138. The van der Waals surface area contributed by atoms with Gasteiger partial charge < -0.3 is 4.74 Å². The van der Waals surface area contributed by atoms with Gasteiger partial charge in [0.15, 0.2) is 0 Å². The summed E-state index contributed by atoms with van der Waals surface area (Å²) in [6.07, 6.45) is -4.64. The number of nitrogens with one attached hydrogen (secondary N) is 1. The van der Waals surface area contributed by atoms with Gasteiger partial charge in [0.25, 0.3) is 10.0 Å². The molecule has 2 aromatic rings. The van der Waals surface area contributed by atoms with Gasteiger partial charge in [0.05, 0.1) is 18.4 Å². The van der Waals surface area contributed by atoms with Crippen molar-refractivity contribution in [2.24, 2.45) is 4.99 Å². The van der Waals surface area contributed by atoms with E-state index >= 15 is 0 Å². The molecule has 0 spiro atoms. The van der Waals surface area contributed by atoms with E-state index in [-0.39, 0.29) is 20.9 Å². The van der Waals surface area contributed by atoms with E-state index in [0.717, 1.165) is 6.07 Å². The molecule has 1 N–H and O–H groups in total. The van der Waals surface area contributed by atoms with E-state index in [1.54, 1.807) is 24.3 Å². The lowest BCUT2D eigenvalue weighted by Gasteiger charge is -2.20.